The molecule has 0 bridgehead atoms. The second-order valence-corrected chi connectivity index (χ2v) is 11.8. The third kappa shape index (κ3) is 5.33. The standard InChI is InChI=1S/C43H31N.C2H6O/c1-3-12-29(4-2)34-18-11-19-37-38(34)25-26-40-41(37)27-31-13-5-8-16-36(31)43(40)30-21-23-33(24-22-30)44-28-32-14-6-7-15-35(32)39-17-9-10-20-42(39)44;1-3-2/h3-27H,1-2,28H2;1-2H3/b29-12+;. The molecule has 0 saturated carbocycles. The van der Waals surface area contributed by atoms with Gasteiger partial charge in [-0.2, -0.15) is 0 Å². The van der Waals surface area contributed by atoms with Gasteiger partial charge in [0, 0.05) is 37.7 Å². The third-order valence-corrected chi connectivity index (χ3v) is 9.03. The molecule has 0 fully saturated rings. The number of nitrogens with zero attached hydrogens (tertiary/aromatic N) is 1. The van der Waals surface area contributed by atoms with E-state index >= 15 is 0 Å². The number of para-hydroxylation sites is 1. The molecule has 0 unspecified atom stereocenters. The number of ether oxygens (including phenoxy) is 1. The summed E-state index contributed by atoms with van der Waals surface area (Å²) in [6, 6.07) is 48.9. The van der Waals surface area contributed by atoms with E-state index in [0.717, 1.165) is 12.1 Å². The molecule has 0 aromatic heterocycles. The van der Waals surface area contributed by atoms with Gasteiger partial charge in [-0.15, -0.1) is 0 Å². The van der Waals surface area contributed by atoms with Gasteiger partial charge in [0.05, 0.1) is 0 Å². The molecule has 0 atom stereocenters. The van der Waals surface area contributed by atoms with Crippen LogP contribution in [0.1, 0.15) is 11.1 Å². The van der Waals surface area contributed by atoms with E-state index in [1.165, 1.54) is 77.1 Å². The smallest absolute Gasteiger partial charge is 0.0493 e. The molecule has 47 heavy (non-hydrogen) atoms. The summed E-state index contributed by atoms with van der Waals surface area (Å²) in [5.41, 5.74) is 11.1. The minimum atomic E-state index is 0.852. The maximum atomic E-state index is 4.25. The summed E-state index contributed by atoms with van der Waals surface area (Å²) in [7, 11) is 3.25. The van der Waals surface area contributed by atoms with E-state index in [-0.39, 0.29) is 0 Å². The van der Waals surface area contributed by atoms with Crippen LogP contribution in [0.4, 0.5) is 11.4 Å². The van der Waals surface area contributed by atoms with Gasteiger partial charge in [-0.05, 0) is 90.0 Å². The van der Waals surface area contributed by atoms with Gasteiger partial charge in [0.25, 0.3) is 0 Å². The van der Waals surface area contributed by atoms with Crippen molar-refractivity contribution < 1.29 is 4.74 Å². The Balaban J connectivity index is 0.00000113. The normalized spacial score (nSPS) is 12.3. The summed E-state index contributed by atoms with van der Waals surface area (Å²) in [4.78, 5) is 2.44. The molecule has 0 aliphatic carbocycles. The van der Waals surface area contributed by atoms with Gasteiger partial charge < -0.3 is 9.64 Å². The number of hydrogen-bond donors (Lipinski definition) is 0. The van der Waals surface area contributed by atoms with E-state index in [0.29, 0.717) is 0 Å². The number of fused-ring (bicyclic) bond motifs is 7. The minimum absolute atomic E-state index is 0.852. The number of rotatable bonds is 5. The van der Waals surface area contributed by atoms with E-state index in [2.05, 4.69) is 156 Å². The van der Waals surface area contributed by atoms with Crippen LogP contribution in [-0.4, -0.2) is 14.2 Å². The predicted molar refractivity (Wildman–Crippen MR) is 203 cm³/mol. The van der Waals surface area contributed by atoms with E-state index in [9.17, 15) is 0 Å². The first-order valence-corrected chi connectivity index (χ1v) is 15.9. The number of allylic oxidation sites excluding steroid dienone is 4. The molecule has 8 rings (SSSR count). The lowest BCUT2D eigenvalue weighted by Crippen LogP contribution is -2.21. The molecule has 1 heterocycles. The second kappa shape index (κ2) is 13.0. The van der Waals surface area contributed by atoms with Crippen LogP contribution in [-0.2, 0) is 11.3 Å². The number of benzene rings is 7. The lowest BCUT2D eigenvalue weighted by molar-refractivity contribution is 0.277. The molecule has 2 heteroatoms. The van der Waals surface area contributed by atoms with Crippen LogP contribution in [0.2, 0.25) is 0 Å². The molecule has 1 aliphatic rings. The first kappa shape index (κ1) is 30.0. The summed E-state index contributed by atoms with van der Waals surface area (Å²) >= 11 is 0. The van der Waals surface area contributed by atoms with Crippen LogP contribution in [0.5, 0.6) is 0 Å². The minimum Gasteiger partial charge on any atom is -0.388 e. The van der Waals surface area contributed by atoms with Crippen molar-refractivity contribution in [1.29, 1.82) is 0 Å². The molecule has 228 valence electrons. The molecule has 7 aromatic carbocycles. The largest absolute Gasteiger partial charge is 0.388 e. The average Bonchev–Trinajstić information content (AvgIpc) is 3.13. The highest BCUT2D eigenvalue weighted by Crippen LogP contribution is 2.44. The highest BCUT2D eigenvalue weighted by molar-refractivity contribution is 6.21. The van der Waals surface area contributed by atoms with Crippen LogP contribution in [0, 0.1) is 0 Å². The second-order valence-electron chi connectivity index (χ2n) is 11.8. The first-order chi connectivity index (χ1) is 23.2. The van der Waals surface area contributed by atoms with E-state index in [1.807, 2.05) is 18.2 Å². The molecule has 7 aromatic rings. The maximum absolute atomic E-state index is 4.25. The van der Waals surface area contributed by atoms with Crippen LogP contribution in [0.25, 0.3) is 60.1 Å². The van der Waals surface area contributed by atoms with Crippen molar-refractivity contribution in [1.82, 2.24) is 0 Å². The van der Waals surface area contributed by atoms with Gasteiger partial charge in [-0.1, -0.05) is 141 Å². The molecule has 0 saturated heterocycles. The third-order valence-electron chi connectivity index (χ3n) is 9.03. The van der Waals surface area contributed by atoms with Gasteiger partial charge in [0.15, 0.2) is 0 Å². The summed E-state index contributed by atoms with van der Waals surface area (Å²) in [5.74, 6) is 0. The van der Waals surface area contributed by atoms with Crippen molar-refractivity contribution in [2.24, 2.45) is 0 Å². The van der Waals surface area contributed by atoms with E-state index in [4.69, 9.17) is 0 Å². The molecule has 1 aliphatic heterocycles. The summed E-state index contributed by atoms with van der Waals surface area (Å²) in [5, 5.41) is 7.47. The van der Waals surface area contributed by atoms with Crippen LogP contribution < -0.4 is 4.90 Å². The molecule has 0 N–H and O–H groups in total. The Morgan fingerprint density at radius 2 is 1.32 bits per heavy atom. The van der Waals surface area contributed by atoms with Gasteiger partial charge >= 0.3 is 0 Å². The van der Waals surface area contributed by atoms with Crippen molar-refractivity contribution in [3.63, 3.8) is 0 Å². The molecular formula is C45H37NO. The highest BCUT2D eigenvalue weighted by Gasteiger charge is 2.23. The van der Waals surface area contributed by atoms with Crippen molar-refractivity contribution in [2.45, 2.75) is 6.54 Å². The number of anilines is 2. The Hall–Kier alpha value is -5.70. The van der Waals surface area contributed by atoms with Gasteiger partial charge in [-0.25, -0.2) is 0 Å². The fourth-order valence-corrected chi connectivity index (χ4v) is 7.01. The molecule has 2 nitrogen and oxygen atoms in total. The highest BCUT2D eigenvalue weighted by atomic mass is 16.4. The monoisotopic (exact) mass is 607 g/mol. The number of hydrogen-bond acceptors (Lipinski definition) is 2. The maximum Gasteiger partial charge on any atom is 0.0493 e. The van der Waals surface area contributed by atoms with Crippen molar-refractivity contribution in [3.05, 3.63) is 176 Å². The fraction of sp³-hybridized carbons (Fsp3) is 0.0667. The average molecular weight is 608 g/mol. The Labute approximate surface area is 277 Å². The van der Waals surface area contributed by atoms with Gasteiger partial charge in [0.2, 0.25) is 0 Å². The van der Waals surface area contributed by atoms with E-state index in [1.54, 1.807) is 14.2 Å². The molecule has 0 amide bonds. The summed E-state index contributed by atoms with van der Waals surface area (Å²) in [6.45, 7) is 8.83. The zero-order valence-electron chi connectivity index (χ0n) is 26.9. The zero-order chi connectivity index (χ0) is 32.3. The molecular weight excluding hydrogens is 571 g/mol. The lowest BCUT2D eigenvalue weighted by Gasteiger charge is -2.33. The topological polar surface area (TPSA) is 12.5 Å². The molecule has 0 radical (unpaired) electrons. The fourth-order valence-electron chi connectivity index (χ4n) is 7.01. The first-order valence-electron chi connectivity index (χ1n) is 15.9. The molecule has 0 spiro atoms. The Bertz CT molecular complexity index is 2310. The lowest BCUT2D eigenvalue weighted by atomic mass is 9.88. The Morgan fingerprint density at radius 3 is 2.11 bits per heavy atom. The quantitative estimate of drug-likeness (QED) is 0.110. The Morgan fingerprint density at radius 1 is 0.638 bits per heavy atom. The van der Waals surface area contributed by atoms with Gasteiger partial charge in [0.1, 0.15) is 0 Å². The predicted octanol–water partition coefficient (Wildman–Crippen LogP) is 12.1. The number of methoxy groups -OCH3 is 1. The Kier molecular flexibility index (Phi) is 8.27. The van der Waals surface area contributed by atoms with Crippen molar-refractivity contribution in [2.75, 3.05) is 19.1 Å². The summed E-state index contributed by atoms with van der Waals surface area (Å²) in [6.07, 6.45) is 5.76. The van der Waals surface area contributed by atoms with Crippen LogP contribution >= 0.6 is 0 Å². The summed E-state index contributed by atoms with van der Waals surface area (Å²) < 4.78 is 4.25. The van der Waals surface area contributed by atoms with Crippen molar-refractivity contribution >= 4 is 49.3 Å². The van der Waals surface area contributed by atoms with Crippen LogP contribution in [0.3, 0.4) is 0 Å². The van der Waals surface area contributed by atoms with Crippen LogP contribution in [0.15, 0.2) is 165 Å². The van der Waals surface area contributed by atoms with Crippen molar-refractivity contribution in [3.8, 4) is 22.3 Å². The zero-order valence-corrected chi connectivity index (χ0v) is 26.9. The SMILES string of the molecule is C=C/C=C(\C=C)c1cccc2c1ccc1c(-c3ccc(N4Cc5ccccc5-c5ccccc54)cc3)c3ccccc3cc12.COC. The van der Waals surface area contributed by atoms with Gasteiger partial charge in [-0.3, -0.25) is 0 Å². The van der Waals surface area contributed by atoms with E-state index < -0.39 is 0 Å².